The molecule has 18 heavy (non-hydrogen) atoms. The third kappa shape index (κ3) is 2.08. The second-order valence-corrected chi connectivity index (χ2v) is 5.56. The van der Waals surface area contributed by atoms with Crippen LogP contribution >= 0.6 is 0 Å². The fourth-order valence-electron chi connectivity index (χ4n) is 3.18. The Morgan fingerprint density at radius 3 is 2.61 bits per heavy atom. The molecule has 1 spiro atoms. The van der Waals surface area contributed by atoms with E-state index in [4.69, 9.17) is 5.11 Å². The third-order valence-electron chi connectivity index (χ3n) is 4.19. The lowest BCUT2D eigenvalue weighted by molar-refractivity contribution is 0.0697. The number of nitrogens with one attached hydrogen (secondary N) is 2. The maximum atomic E-state index is 10.7. The van der Waals surface area contributed by atoms with Crippen molar-refractivity contribution in [1.29, 1.82) is 0 Å². The van der Waals surface area contributed by atoms with Crippen molar-refractivity contribution in [1.82, 2.24) is 5.32 Å². The highest BCUT2D eigenvalue weighted by Crippen LogP contribution is 2.46. The van der Waals surface area contributed by atoms with Gasteiger partial charge in [0.25, 0.3) is 0 Å². The van der Waals surface area contributed by atoms with Crippen molar-refractivity contribution in [2.75, 3.05) is 18.4 Å². The first-order valence-corrected chi connectivity index (χ1v) is 6.48. The molecule has 4 heteroatoms. The molecule has 0 unspecified atom stereocenters. The number of anilines is 1. The number of rotatable bonds is 3. The average molecular weight is 246 g/mol. The molecule has 1 aromatic rings. The smallest absolute Gasteiger partial charge is 0.335 e. The summed E-state index contributed by atoms with van der Waals surface area (Å²) in [6.45, 7) is 2.31. The van der Waals surface area contributed by atoms with Crippen LogP contribution in [0.25, 0.3) is 0 Å². The zero-order valence-electron chi connectivity index (χ0n) is 10.3. The fourth-order valence-corrected chi connectivity index (χ4v) is 3.18. The lowest BCUT2D eigenvalue weighted by Gasteiger charge is -2.45. The summed E-state index contributed by atoms with van der Waals surface area (Å²) >= 11 is 0. The second kappa shape index (κ2) is 4.28. The normalized spacial score (nSPS) is 30.1. The van der Waals surface area contributed by atoms with Crippen molar-refractivity contribution < 1.29 is 9.90 Å². The minimum atomic E-state index is -0.874. The predicted octanol–water partition coefficient (Wildman–Crippen LogP) is 1.94. The number of benzene rings is 1. The maximum Gasteiger partial charge on any atom is 0.335 e. The molecule has 0 radical (unpaired) electrons. The molecule has 96 valence electrons. The molecule has 1 saturated carbocycles. The standard InChI is InChI=1S/C14H18N2O2/c17-13(18)10-1-3-11(4-2-10)16-12-7-14(8-12)5-6-15-9-14/h1-4,12,15-16H,5-9H2,(H,17,18). The predicted molar refractivity (Wildman–Crippen MR) is 70.0 cm³/mol. The molecular weight excluding hydrogens is 228 g/mol. The summed E-state index contributed by atoms with van der Waals surface area (Å²) in [6.07, 6.45) is 3.74. The van der Waals surface area contributed by atoms with Crippen LogP contribution < -0.4 is 10.6 Å². The van der Waals surface area contributed by atoms with Gasteiger partial charge in [0.05, 0.1) is 5.56 Å². The van der Waals surface area contributed by atoms with E-state index in [1.807, 2.05) is 12.1 Å². The monoisotopic (exact) mass is 246 g/mol. The fraction of sp³-hybridized carbons (Fsp3) is 0.500. The van der Waals surface area contributed by atoms with Gasteiger partial charge in [0, 0.05) is 18.3 Å². The third-order valence-corrected chi connectivity index (χ3v) is 4.19. The van der Waals surface area contributed by atoms with Crippen LogP contribution in [0.1, 0.15) is 29.6 Å². The van der Waals surface area contributed by atoms with Crippen molar-refractivity contribution in [3.63, 3.8) is 0 Å². The van der Waals surface area contributed by atoms with Gasteiger partial charge in [-0.2, -0.15) is 0 Å². The molecule has 1 saturated heterocycles. The van der Waals surface area contributed by atoms with Gasteiger partial charge in [-0.1, -0.05) is 0 Å². The molecule has 1 aliphatic heterocycles. The Morgan fingerprint density at radius 2 is 2.06 bits per heavy atom. The quantitative estimate of drug-likeness (QED) is 0.762. The van der Waals surface area contributed by atoms with E-state index in [2.05, 4.69) is 10.6 Å². The van der Waals surface area contributed by atoms with E-state index in [0.29, 0.717) is 17.0 Å². The van der Waals surface area contributed by atoms with E-state index in [9.17, 15) is 4.79 Å². The summed E-state index contributed by atoms with van der Waals surface area (Å²) in [6, 6.07) is 7.54. The average Bonchev–Trinajstić information content (AvgIpc) is 2.78. The van der Waals surface area contributed by atoms with Gasteiger partial charge in [-0.15, -0.1) is 0 Å². The van der Waals surface area contributed by atoms with Crippen LogP contribution in [0.3, 0.4) is 0 Å². The molecule has 2 aliphatic rings. The van der Waals surface area contributed by atoms with E-state index in [-0.39, 0.29) is 0 Å². The lowest BCUT2D eigenvalue weighted by atomic mass is 9.65. The van der Waals surface area contributed by atoms with E-state index in [1.165, 1.54) is 19.3 Å². The van der Waals surface area contributed by atoms with Gasteiger partial charge in [0.1, 0.15) is 0 Å². The Labute approximate surface area is 106 Å². The van der Waals surface area contributed by atoms with E-state index >= 15 is 0 Å². The Hall–Kier alpha value is -1.55. The summed E-state index contributed by atoms with van der Waals surface area (Å²) < 4.78 is 0. The molecule has 1 heterocycles. The highest BCUT2D eigenvalue weighted by Gasteiger charge is 2.45. The highest BCUT2D eigenvalue weighted by atomic mass is 16.4. The molecule has 3 rings (SSSR count). The largest absolute Gasteiger partial charge is 0.478 e. The van der Waals surface area contributed by atoms with Gasteiger partial charge in [-0.05, 0) is 55.5 Å². The zero-order valence-corrected chi connectivity index (χ0v) is 10.3. The molecule has 4 nitrogen and oxygen atoms in total. The Morgan fingerprint density at radius 1 is 1.33 bits per heavy atom. The first kappa shape index (κ1) is 11.5. The van der Waals surface area contributed by atoms with Gasteiger partial charge in [-0.3, -0.25) is 0 Å². The molecule has 0 atom stereocenters. The van der Waals surface area contributed by atoms with Gasteiger partial charge in [0.15, 0.2) is 0 Å². The van der Waals surface area contributed by atoms with E-state index in [1.54, 1.807) is 12.1 Å². The van der Waals surface area contributed by atoms with Crippen LogP contribution in [0, 0.1) is 5.41 Å². The Balaban J connectivity index is 1.56. The van der Waals surface area contributed by atoms with Crippen molar-refractivity contribution in [3.8, 4) is 0 Å². The molecule has 3 N–H and O–H groups in total. The molecular formula is C14H18N2O2. The van der Waals surface area contributed by atoms with Crippen LogP contribution in [0.2, 0.25) is 0 Å². The molecule has 1 aromatic carbocycles. The first-order valence-electron chi connectivity index (χ1n) is 6.48. The number of carbonyl (C=O) groups is 1. The molecule has 0 bridgehead atoms. The van der Waals surface area contributed by atoms with Gasteiger partial charge >= 0.3 is 5.97 Å². The summed E-state index contributed by atoms with van der Waals surface area (Å²) in [5, 5.41) is 15.7. The topological polar surface area (TPSA) is 61.4 Å². The second-order valence-electron chi connectivity index (χ2n) is 5.56. The first-order chi connectivity index (χ1) is 8.67. The van der Waals surface area contributed by atoms with Crippen molar-refractivity contribution in [3.05, 3.63) is 29.8 Å². The van der Waals surface area contributed by atoms with E-state index in [0.717, 1.165) is 18.8 Å². The zero-order chi connectivity index (χ0) is 12.6. The van der Waals surface area contributed by atoms with E-state index < -0.39 is 5.97 Å². The molecule has 0 amide bonds. The minimum Gasteiger partial charge on any atom is -0.478 e. The maximum absolute atomic E-state index is 10.7. The Kier molecular flexibility index (Phi) is 2.74. The lowest BCUT2D eigenvalue weighted by Crippen LogP contribution is -2.46. The van der Waals surface area contributed by atoms with Crippen LogP contribution in [0.4, 0.5) is 5.69 Å². The summed E-state index contributed by atoms with van der Waals surface area (Å²) in [5.74, 6) is -0.874. The molecule has 0 aromatic heterocycles. The van der Waals surface area contributed by atoms with Crippen LogP contribution in [0.5, 0.6) is 0 Å². The van der Waals surface area contributed by atoms with Crippen molar-refractivity contribution >= 4 is 11.7 Å². The Bertz CT molecular complexity index is 441. The summed E-state index contributed by atoms with van der Waals surface area (Å²) in [5.41, 5.74) is 1.90. The number of hydrogen-bond acceptors (Lipinski definition) is 3. The van der Waals surface area contributed by atoms with Gasteiger partial charge < -0.3 is 15.7 Å². The van der Waals surface area contributed by atoms with Crippen LogP contribution in [-0.2, 0) is 0 Å². The van der Waals surface area contributed by atoms with Gasteiger partial charge in [-0.25, -0.2) is 4.79 Å². The van der Waals surface area contributed by atoms with Crippen molar-refractivity contribution in [2.45, 2.75) is 25.3 Å². The van der Waals surface area contributed by atoms with Crippen LogP contribution in [-0.4, -0.2) is 30.2 Å². The van der Waals surface area contributed by atoms with Gasteiger partial charge in [0.2, 0.25) is 0 Å². The number of carboxylic acids is 1. The number of carboxylic acid groups (broad SMARTS) is 1. The minimum absolute atomic E-state index is 0.339. The molecule has 1 aliphatic carbocycles. The molecule has 2 fully saturated rings. The number of hydrogen-bond donors (Lipinski definition) is 3. The van der Waals surface area contributed by atoms with Crippen LogP contribution in [0.15, 0.2) is 24.3 Å². The van der Waals surface area contributed by atoms with Crippen molar-refractivity contribution in [2.24, 2.45) is 5.41 Å². The summed E-state index contributed by atoms with van der Waals surface area (Å²) in [4.78, 5) is 10.7. The summed E-state index contributed by atoms with van der Waals surface area (Å²) in [7, 11) is 0. The highest BCUT2D eigenvalue weighted by molar-refractivity contribution is 5.88. The number of aromatic carboxylic acids is 1. The SMILES string of the molecule is O=C(O)c1ccc(NC2CC3(CCNC3)C2)cc1.